The fourth-order valence-electron chi connectivity index (χ4n) is 1.11. The summed E-state index contributed by atoms with van der Waals surface area (Å²) in [4.78, 5) is 10.5. The Hall–Kier alpha value is -1.42. The number of primary amides is 1. The van der Waals surface area contributed by atoms with Gasteiger partial charge in [0, 0.05) is 18.7 Å². The molecular formula is C10H13ClN2O2. The molecule has 1 rings (SSSR count). The predicted octanol–water partition coefficient (Wildman–Crippen LogP) is 1.64. The Bertz CT molecular complexity index is 355. The van der Waals surface area contributed by atoms with Crippen LogP contribution in [0.15, 0.2) is 18.2 Å². The molecule has 1 aromatic rings. The number of amides is 1. The summed E-state index contributed by atoms with van der Waals surface area (Å²) in [7, 11) is 1.56. The van der Waals surface area contributed by atoms with Gasteiger partial charge in [-0.1, -0.05) is 11.6 Å². The highest BCUT2D eigenvalue weighted by atomic mass is 35.5. The predicted molar refractivity (Wildman–Crippen MR) is 60.3 cm³/mol. The molecule has 0 aliphatic carbocycles. The number of nitrogens with one attached hydrogen (secondary N) is 1. The van der Waals surface area contributed by atoms with Crippen molar-refractivity contribution in [3.8, 4) is 5.75 Å². The van der Waals surface area contributed by atoms with Gasteiger partial charge in [0.2, 0.25) is 5.91 Å². The largest absolute Gasteiger partial charge is 0.495 e. The molecule has 0 saturated heterocycles. The molecule has 1 aromatic carbocycles. The molecule has 0 aromatic heterocycles. The van der Waals surface area contributed by atoms with Gasteiger partial charge in [0.05, 0.1) is 12.1 Å². The Morgan fingerprint density at radius 3 is 2.87 bits per heavy atom. The number of anilines is 1. The van der Waals surface area contributed by atoms with Gasteiger partial charge in [0.15, 0.2) is 0 Å². The van der Waals surface area contributed by atoms with E-state index in [1.165, 1.54) is 0 Å². The first-order valence-electron chi connectivity index (χ1n) is 4.49. The number of carbonyl (C=O) groups excluding carboxylic acids is 1. The molecule has 5 heteroatoms. The average Bonchev–Trinajstić information content (AvgIpc) is 2.17. The molecular weight excluding hydrogens is 216 g/mol. The van der Waals surface area contributed by atoms with E-state index in [1.54, 1.807) is 19.2 Å². The van der Waals surface area contributed by atoms with Crippen LogP contribution in [0.4, 0.5) is 5.69 Å². The lowest BCUT2D eigenvalue weighted by Gasteiger charge is -2.07. The molecule has 0 unspecified atom stereocenters. The van der Waals surface area contributed by atoms with Crippen LogP contribution >= 0.6 is 11.6 Å². The molecule has 0 aliphatic rings. The Morgan fingerprint density at radius 1 is 1.60 bits per heavy atom. The van der Waals surface area contributed by atoms with Gasteiger partial charge in [0.25, 0.3) is 0 Å². The number of rotatable bonds is 5. The lowest BCUT2D eigenvalue weighted by molar-refractivity contribution is -0.117. The van der Waals surface area contributed by atoms with Crippen LogP contribution in [-0.2, 0) is 4.79 Å². The Labute approximate surface area is 93.4 Å². The SMILES string of the molecule is COc1ccc(NCCC(N)=O)cc1Cl. The minimum Gasteiger partial charge on any atom is -0.495 e. The minimum absolute atomic E-state index is 0.295. The molecule has 15 heavy (non-hydrogen) atoms. The molecule has 82 valence electrons. The van der Waals surface area contributed by atoms with Crippen LogP contribution in [-0.4, -0.2) is 19.6 Å². The van der Waals surface area contributed by atoms with Gasteiger partial charge in [-0.25, -0.2) is 0 Å². The molecule has 4 nitrogen and oxygen atoms in total. The summed E-state index contributed by atoms with van der Waals surface area (Å²) in [6.07, 6.45) is 0.295. The summed E-state index contributed by atoms with van der Waals surface area (Å²) in [5.41, 5.74) is 5.84. The first-order chi connectivity index (χ1) is 7.13. The van der Waals surface area contributed by atoms with Gasteiger partial charge < -0.3 is 15.8 Å². The maximum absolute atomic E-state index is 10.5. The van der Waals surface area contributed by atoms with E-state index in [4.69, 9.17) is 22.1 Å². The Kier molecular flexibility index (Phi) is 4.24. The number of ether oxygens (including phenoxy) is 1. The molecule has 0 bridgehead atoms. The highest BCUT2D eigenvalue weighted by Crippen LogP contribution is 2.26. The van der Waals surface area contributed by atoms with E-state index in [0.717, 1.165) is 5.69 Å². The maximum Gasteiger partial charge on any atom is 0.219 e. The van der Waals surface area contributed by atoms with Gasteiger partial charge in [-0.05, 0) is 18.2 Å². The van der Waals surface area contributed by atoms with Crippen LogP contribution in [0.2, 0.25) is 5.02 Å². The Balaban J connectivity index is 2.55. The highest BCUT2D eigenvalue weighted by molar-refractivity contribution is 6.32. The summed E-state index contributed by atoms with van der Waals surface area (Å²) in [5, 5.41) is 3.56. The second-order valence-electron chi connectivity index (χ2n) is 2.99. The van der Waals surface area contributed by atoms with Crippen molar-refractivity contribution < 1.29 is 9.53 Å². The van der Waals surface area contributed by atoms with E-state index in [2.05, 4.69) is 5.32 Å². The molecule has 0 spiro atoms. The number of methoxy groups -OCH3 is 1. The molecule has 1 amide bonds. The summed E-state index contributed by atoms with van der Waals surface area (Å²) in [6.45, 7) is 0.498. The van der Waals surface area contributed by atoms with E-state index in [-0.39, 0.29) is 5.91 Å². The summed E-state index contributed by atoms with van der Waals surface area (Å²) in [6, 6.07) is 5.32. The normalized spacial score (nSPS) is 9.73. The van der Waals surface area contributed by atoms with Crippen molar-refractivity contribution in [2.75, 3.05) is 19.0 Å². The fraction of sp³-hybridized carbons (Fsp3) is 0.300. The van der Waals surface area contributed by atoms with Gasteiger partial charge >= 0.3 is 0 Å². The molecule has 0 radical (unpaired) electrons. The summed E-state index contributed by atoms with van der Waals surface area (Å²) in [5.74, 6) is 0.291. The third-order valence-corrected chi connectivity index (χ3v) is 2.15. The lowest BCUT2D eigenvalue weighted by atomic mass is 10.3. The zero-order chi connectivity index (χ0) is 11.3. The van der Waals surface area contributed by atoms with Gasteiger partial charge in [-0.3, -0.25) is 4.79 Å². The zero-order valence-corrected chi connectivity index (χ0v) is 9.17. The Morgan fingerprint density at radius 2 is 2.33 bits per heavy atom. The number of carbonyl (C=O) groups is 1. The quantitative estimate of drug-likeness (QED) is 0.805. The molecule has 0 fully saturated rings. The van der Waals surface area contributed by atoms with Crippen LogP contribution in [0.3, 0.4) is 0 Å². The van der Waals surface area contributed by atoms with Crippen molar-refractivity contribution in [1.29, 1.82) is 0 Å². The van der Waals surface area contributed by atoms with Gasteiger partial charge in [-0.2, -0.15) is 0 Å². The number of nitrogens with two attached hydrogens (primary N) is 1. The first-order valence-corrected chi connectivity index (χ1v) is 4.87. The zero-order valence-electron chi connectivity index (χ0n) is 8.42. The average molecular weight is 229 g/mol. The van der Waals surface area contributed by atoms with Gasteiger partial charge in [0.1, 0.15) is 5.75 Å². The number of halogens is 1. The van der Waals surface area contributed by atoms with Crippen LogP contribution in [0.25, 0.3) is 0 Å². The molecule has 3 N–H and O–H groups in total. The van der Waals surface area contributed by atoms with E-state index in [0.29, 0.717) is 23.7 Å². The monoisotopic (exact) mass is 228 g/mol. The van der Waals surface area contributed by atoms with Gasteiger partial charge in [-0.15, -0.1) is 0 Å². The fourth-order valence-corrected chi connectivity index (χ4v) is 1.36. The third-order valence-electron chi connectivity index (χ3n) is 1.85. The first kappa shape index (κ1) is 11.7. The van der Waals surface area contributed by atoms with Crippen molar-refractivity contribution in [2.45, 2.75) is 6.42 Å². The second kappa shape index (κ2) is 5.46. The van der Waals surface area contributed by atoms with E-state index in [1.807, 2.05) is 6.07 Å². The number of benzene rings is 1. The van der Waals surface area contributed by atoms with E-state index >= 15 is 0 Å². The van der Waals surface area contributed by atoms with E-state index in [9.17, 15) is 4.79 Å². The smallest absolute Gasteiger partial charge is 0.219 e. The highest BCUT2D eigenvalue weighted by Gasteiger charge is 2.01. The molecule has 0 atom stereocenters. The number of hydrogen-bond donors (Lipinski definition) is 2. The van der Waals surface area contributed by atoms with Crippen molar-refractivity contribution >= 4 is 23.2 Å². The summed E-state index contributed by atoms with van der Waals surface area (Å²) >= 11 is 5.91. The van der Waals surface area contributed by atoms with Crippen molar-refractivity contribution in [3.05, 3.63) is 23.2 Å². The van der Waals surface area contributed by atoms with Crippen LogP contribution in [0.5, 0.6) is 5.75 Å². The second-order valence-corrected chi connectivity index (χ2v) is 3.40. The number of hydrogen-bond acceptors (Lipinski definition) is 3. The standard InChI is InChI=1S/C10H13ClN2O2/c1-15-9-3-2-7(6-8(9)11)13-5-4-10(12)14/h2-3,6,13H,4-5H2,1H3,(H2,12,14). The minimum atomic E-state index is -0.331. The van der Waals surface area contributed by atoms with Crippen molar-refractivity contribution in [3.63, 3.8) is 0 Å². The van der Waals surface area contributed by atoms with Crippen molar-refractivity contribution in [2.24, 2.45) is 5.73 Å². The summed E-state index contributed by atoms with van der Waals surface area (Å²) < 4.78 is 5.01. The topological polar surface area (TPSA) is 64.3 Å². The van der Waals surface area contributed by atoms with Crippen molar-refractivity contribution in [1.82, 2.24) is 0 Å². The van der Waals surface area contributed by atoms with E-state index < -0.39 is 0 Å². The van der Waals surface area contributed by atoms with Crippen LogP contribution < -0.4 is 15.8 Å². The van der Waals surface area contributed by atoms with Crippen LogP contribution in [0.1, 0.15) is 6.42 Å². The molecule has 0 saturated carbocycles. The maximum atomic E-state index is 10.5. The third kappa shape index (κ3) is 3.67. The van der Waals surface area contributed by atoms with Crippen LogP contribution in [0, 0.1) is 0 Å². The lowest BCUT2D eigenvalue weighted by Crippen LogP contribution is -2.15. The molecule has 0 aliphatic heterocycles. The molecule has 0 heterocycles.